The lowest BCUT2D eigenvalue weighted by molar-refractivity contribution is 0.232. The van der Waals surface area contributed by atoms with E-state index in [0.29, 0.717) is 22.9 Å². The minimum absolute atomic E-state index is 0. The highest BCUT2D eigenvalue weighted by Crippen LogP contribution is 2.39. The molecular formula is C17H18Cl3N5O. The van der Waals surface area contributed by atoms with E-state index in [1.54, 1.807) is 11.7 Å². The van der Waals surface area contributed by atoms with Gasteiger partial charge in [0.15, 0.2) is 0 Å². The van der Waals surface area contributed by atoms with E-state index in [9.17, 15) is 0 Å². The van der Waals surface area contributed by atoms with Crippen molar-refractivity contribution < 1.29 is 5.21 Å². The summed E-state index contributed by atoms with van der Waals surface area (Å²) < 4.78 is 0. The van der Waals surface area contributed by atoms with Gasteiger partial charge in [-0.3, -0.25) is 10.2 Å². The summed E-state index contributed by atoms with van der Waals surface area (Å²) in [6.07, 6.45) is 3.07. The molecular weight excluding hydrogens is 397 g/mol. The highest BCUT2D eigenvalue weighted by atomic mass is 35.5. The maximum atomic E-state index is 8.79. The van der Waals surface area contributed by atoms with Gasteiger partial charge in [0.05, 0.1) is 11.4 Å². The highest BCUT2D eigenvalue weighted by molar-refractivity contribution is 6.36. The molecule has 0 bridgehead atoms. The fourth-order valence-electron chi connectivity index (χ4n) is 3.14. The molecule has 3 rings (SSSR count). The molecule has 138 valence electrons. The highest BCUT2D eigenvalue weighted by Gasteiger charge is 2.29. The van der Waals surface area contributed by atoms with Crippen LogP contribution >= 0.6 is 35.6 Å². The van der Waals surface area contributed by atoms with Gasteiger partial charge in [-0.15, -0.1) is 17.5 Å². The quantitative estimate of drug-likeness (QED) is 0.395. The lowest BCUT2D eigenvalue weighted by Gasteiger charge is -2.27. The SMILES string of the molecule is Cc1ccnc2c1C(=N/N=C(/N)NO)CC(c1c(Cl)cccc1Cl)C2.Cl. The van der Waals surface area contributed by atoms with Crippen LogP contribution in [0.1, 0.15) is 34.7 Å². The van der Waals surface area contributed by atoms with E-state index in [-0.39, 0.29) is 24.3 Å². The molecule has 26 heavy (non-hydrogen) atoms. The van der Waals surface area contributed by atoms with E-state index in [4.69, 9.17) is 34.1 Å². The van der Waals surface area contributed by atoms with E-state index in [2.05, 4.69) is 15.2 Å². The normalized spacial score (nSPS) is 18.2. The first-order valence-electron chi connectivity index (χ1n) is 7.70. The van der Waals surface area contributed by atoms with Crippen molar-refractivity contribution in [3.05, 3.63) is 62.9 Å². The molecule has 0 spiro atoms. The molecule has 0 saturated heterocycles. The number of nitrogens with one attached hydrogen (secondary N) is 1. The number of hydroxylamine groups is 1. The Balaban J connectivity index is 0.00000243. The van der Waals surface area contributed by atoms with Crippen LogP contribution in [0.5, 0.6) is 0 Å². The Morgan fingerprint density at radius 1 is 1.27 bits per heavy atom. The molecule has 1 aromatic heterocycles. The van der Waals surface area contributed by atoms with Gasteiger partial charge in [-0.2, -0.15) is 5.10 Å². The van der Waals surface area contributed by atoms with Crippen molar-refractivity contribution in [1.82, 2.24) is 10.5 Å². The van der Waals surface area contributed by atoms with Crippen molar-refractivity contribution in [3.63, 3.8) is 0 Å². The van der Waals surface area contributed by atoms with Gasteiger partial charge in [0, 0.05) is 21.8 Å². The van der Waals surface area contributed by atoms with Crippen LogP contribution in [0.2, 0.25) is 10.0 Å². The number of aromatic nitrogens is 1. The number of nitrogens with zero attached hydrogens (tertiary/aromatic N) is 3. The average Bonchev–Trinajstić information content (AvgIpc) is 2.59. The summed E-state index contributed by atoms with van der Waals surface area (Å²) in [5.41, 5.74) is 11.8. The third kappa shape index (κ3) is 4.10. The number of nitrogens with two attached hydrogens (primary N) is 1. The number of aryl methyl sites for hydroxylation is 1. The van der Waals surface area contributed by atoms with Gasteiger partial charge in [-0.1, -0.05) is 29.3 Å². The largest absolute Gasteiger partial charge is 0.367 e. The number of rotatable bonds is 2. The van der Waals surface area contributed by atoms with Gasteiger partial charge in [0.2, 0.25) is 5.96 Å². The standard InChI is InChI=1S/C17H17Cl2N5O.ClH/c1-9-5-6-21-13-7-10(16-11(18)3-2-4-12(16)19)8-14(15(9)13)22-23-17(20)24-25;/h2-6,10,25H,7-8H2,1H3,(H3,20,23,24);1H. The second kappa shape index (κ2) is 8.68. The summed E-state index contributed by atoms with van der Waals surface area (Å²) >= 11 is 12.8. The Bertz CT molecular complexity index is 849. The van der Waals surface area contributed by atoms with Crippen LogP contribution in [-0.2, 0) is 6.42 Å². The monoisotopic (exact) mass is 413 g/mol. The van der Waals surface area contributed by atoms with Gasteiger partial charge in [0.25, 0.3) is 0 Å². The number of benzene rings is 1. The summed E-state index contributed by atoms with van der Waals surface area (Å²) in [5, 5.41) is 18.1. The van der Waals surface area contributed by atoms with Crippen molar-refractivity contribution in [1.29, 1.82) is 0 Å². The molecule has 1 aliphatic carbocycles. The first kappa shape index (κ1) is 20.5. The first-order chi connectivity index (χ1) is 12.0. The Labute approximate surface area is 167 Å². The molecule has 9 heteroatoms. The van der Waals surface area contributed by atoms with Crippen LogP contribution in [0.3, 0.4) is 0 Å². The molecule has 0 fully saturated rings. The number of hydrogen-bond acceptors (Lipinski definition) is 4. The summed E-state index contributed by atoms with van der Waals surface area (Å²) in [7, 11) is 0. The van der Waals surface area contributed by atoms with Crippen molar-refractivity contribution in [2.75, 3.05) is 0 Å². The van der Waals surface area contributed by atoms with Crippen molar-refractivity contribution in [2.24, 2.45) is 15.9 Å². The van der Waals surface area contributed by atoms with Crippen LogP contribution < -0.4 is 11.2 Å². The Hall–Kier alpha value is -1.86. The Morgan fingerprint density at radius 3 is 2.62 bits per heavy atom. The van der Waals surface area contributed by atoms with Gasteiger partial charge >= 0.3 is 0 Å². The van der Waals surface area contributed by atoms with Crippen LogP contribution in [0, 0.1) is 6.92 Å². The number of guanidine groups is 1. The molecule has 0 aliphatic heterocycles. The summed E-state index contributed by atoms with van der Waals surface area (Å²) in [4.78, 5) is 4.50. The molecule has 0 amide bonds. The van der Waals surface area contributed by atoms with Gasteiger partial charge in [0.1, 0.15) is 0 Å². The zero-order valence-electron chi connectivity index (χ0n) is 13.9. The average molecular weight is 415 g/mol. The zero-order chi connectivity index (χ0) is 18.0. The van der Waals surface area contributed by atoms with E-state index in [1.165, 1.54) is 0 Å². The van der Waals surface area contributed by atoms with Crippen molar-refractivity contribution in [3.8, 4) is 0 Å². The molecule has 4 N–H and O–H groups in total. The summed E-state index contributed by atoms with van der Waals surface area (Å²) in [6.45, 7) is 2.00. The Kier molecular flexibility index (Phi) is 6.83. The zero-order valence-corrected chi connectivity index (χ0v) is 16.2. The lowest BCUT2D eigenvalue weighted by atomic mass is 9.80. The number of pyridine rings is 1. The molecule has 1 heterocycles. The van der Waals surface area contributed by atoms with E-state index >= 15 is 0 Å². The van der Waals surface area contributed by atoms with E-state index in [0.717, 1.165) is 28.1 Å². The topological polar surface area (TPSA) is 95.9 Å². The lowest BCUT2D eigenvalue weighted by Crippen LogP contribution is -2.28. The van der Waals surface area contributed by atoms with E-state index in [1.807, 2.05) is 31.2 Å². The molecule has 0 radical (unpaired) electrons. The molecule has 6 nitrogen and oxygen atoms in total. The molecule has 1 unspecified atom stereocenters. The second-order valence-corrected chi connectivity index (χ2v) is 6.65. The smallest absolute Gasteiger partial charge is 0.237 e. The number of hydrogen-bond donors (Lipinski definition) is 3. The molecule has 2 aromatic rings. The number of halogens is 3. The van der Waals surface area contributed by atoms with Crippen LogP contribution in [0.15, 0.2) is 40.7 Å². The van der Waals surface area contributed by atoms with Gasteiger partial charge in [-0.05, 0) is 55.0 Å². The predicted octanol–water partition coefficient (Wildman–Crippen LogP) is 3.85. The molecule has 0 saturated carbocycles. The second-order valence-electron chi connectivity index (χ2n) is 5.83. The molecule has 1 aromatic carbocycles. The van der Waals surface area contributed by atoms with Gasteiger partial charge < -0.3 is 5.73 Å². The first-order valence-corrected chi connectivity index (χ1v) is 8.45. The maximum absolute atomic E-state index is 8.79. The summed E-state index contributed by atoms with van der Waals surface area (Å²) in [5.74, 6) is -0.159. The van der Waals surface area contributed by atoms with Crippen molar-refractivity contribution >= 4 is 47.3 Å². The predicted molar refractivity (Wildman–Crippen MR) is 107 cm³/mol. The minimum Gasteiger partial charge on any atom is -0.367 e. The fraction of sp³-hybridized carbons (Fsp3) is 0.235. The molecule has 1 atom stereocenters. The van der Waals surface area contributed by atoms with E-state index < -0.39 is 0 Å². The van der Waals surface area contributed by atoms with Crippen molar-refractivity contribution in [2.45, 2.75) is 25.7 Å². The fourth-order valence-corrected chi connectivity index (χ4v) is 3.84. The third-order valence-electron chi connectivity index (χ3n) is 4.21. The molecule has 1 aliphatic rings. The number of fused-ring (bicyclic) bond motifs is 1. The van der Waals surface area contributed by atoms with Crippen LogP contribution in [-0.4, -0.2) is 21.9 Å². The Morgan fingerprint density at radius 2 is 1.96 bits per heavy atom. The minimum atomic E-state index is -0.187. The third-order valence-corrected chi connectivity index (χ3v) is 4.87. The maximum Gasteiger partial charge on any atom is 0.237 e. The summed E-state index contributed by atoms with van der Waals surface area (Å²) in [6, 6.07) is 7.39. The van der Waals surface area contributed by atoms with Gasteiger partial charge in [-0.25, -0.2) is 5.48 Å². The van der Waals surface area contributed by atoms with Crippen LogP contribution in [0.4, 0.5) is 0 Å². The van der Waals surface area contributed by atoms with Crippen LogP contribution in [0.25, 0.3) is 0 Å².